The maximum atomic E-state index is 12.7. The van der Waals surface area contributed by atoms with Gasteiger partial charge >= 0.3 is 6.18 Å². The third-order valence-electron chi connectivity index (χ3n) is 3.72. The standard InChI is InChI=1S/C17H14ClF3N2O/c1-24-16-7-6-13(18)8-14(16)23-10-22-9-15(23)11-2-4-12(5-3-11)17(19,20)21/h2-9,22H,10H2,1H3. The van der Waals surface area contributed by atoms with Gasteiger partial charge in [-0.3, -0.25) is 0 Å². The molecule has 0 bridgehead atoms. The highest BCUT2D eigenvalue weighted by Crippen LogP contribution is 2.37. The lowest BCUT2D eigenvalue weighted by Crippen LogP contribution is -2.23. The summed E-state index contributed by atoms with van der Waals surface area (Å²) >= 11 is 6.07. The molecule has 7 heteroatoms. The summed E-state index contributed by atoms with van der Waals surface area (Å²) in [6.07, 6.45) is -2.60. The number of nitrogens with zero attached hydrogens (tertiary/aromatic N) is 1. The molecule has 126 valence electrons. The predicted octanol–water partition coefficient (Wildman–Crippen LogP) is 4.73. The van der Waals surface area contributed by atoms with Crippen molar-refractivity contribution in [2.24, 2.45) is 0 Å². The molecule has 2 aromatic rings. The van der Waals surface area contributed by atoms with Crippen molar-refractivity contribution in [2.45, 2.75) is 6.18 Å². The number of alkyl halides is 3. The first-order valence-corrected chi connectivity index (χ1v) is 7.50. The number of nitrogens with one attached hydrogen (secondary N) is 1. The number of rotatable bonds is 3. The Balaban J connectivity index is 1.96. The molecule has 0 saturated heterocycles. The van der Waals surface area contributed by atoms with Crippen molar-refractivity contribution in [3.8, 4) is 5.75 Å². The summed E-state index contributed by atoms with van der Waals surface area (Å²) < 4.78 is 43.5. The molecule has 24 heavy (non-hydrogen) atoms. The molecule has 2 aromatic carbocycles. The first-order chi connectivity index (χ1) is 11.4. The minimum absolute atomic E-state index is 0.465. The van der Waals surface area contributed by atoms with Gasteiger partial charge in [0.2, 0.25) is 0 Å². The highest BCUT2D eigenvalue weighted by Gasteiger charge is 2.30. The summed E-state index contributed by atoms with van der Waals surface area (Å²) in [5.41, 5.74) is 1.46. The minimum atomic E-state index is -4.35. The number of ether oxygens (including phenoxy) is 1. The molecule has 0 spiro atoms. The highest BCUT2D eigenvalue weighted by molar-refractivity contribution is 6.31. The largest absolute Gasteiger partial charge is 0.495 e. The van der Waals surface area contributed by atoms with Crippen molar-refractivity contribution >= 4 is 23.0 Å². The van der Waals surface area contributed by atoms with Gasteiger partial charge in [0.05, 0.1) is 30.7 Å². The SMILES string of the molecule is COc1ccc(Cl)cc1N1CNC=C1c1ccc(C(F)(F)F)cc1. The molecule has 0 unspecified atom stereocenters. The summed E-state index contributed by atoms with van der Waals surface area (Å²) in [5.74, 6) is 0.626. The van der Waals surface area contributed by atoms with Crippen LogP contribution in [0.1, 0.15) is 11.1 Å². The van der Waals surface area contributed by atoms with Gasteiger partial charge in [0, 0.05) is 11.2 Å². The molecular formula is C17H14ClF3N2O. The summed E-state index contributed by atoms with van der Waals surface area (Å²) in [5, 5.41) is 3.62. The van der Waals surface area contributed by atoms with Crippen LogP contribution in [0.25, 0.3) is 5.70 Å². The van der Waals surface area contributed by atoms with Crippen molar-refractivity contribution in [2.75, 3.05) is 18.7 Å². The van der Waals surface area contributed by atoms with Crippen molar-refractivity contribution in [1.82, 2.24) is 5.32 Å². The van der Waals surface area contributed by atoms with Gasteiger partial charge < -0.3 is 15.0 Å². The zero-order valence-electron chi connectivity index (χ0n) is 12.7. The second kappa shape index (κ2) is 6.28. The van der Waals surface area contributed by atoms with Gasteiger partial charge in [0.1, 0.15) is 5.75 Å². The molecule has 0 radical (unpaired) electrons. The van der Waals surface area contributed by atoms with Gasteiger partial charge in [0.25, 0.3) is 0 Å². The Labute approximate surface area is 142 Å². The topological polar surface area (TPSA) is 24.5 Å². The van der Waals surface area contributed by atoms with Crippen LogP contribution in [-0.2, 0) is 6.18 Å². The van der Waals surface area contributed by atoms with E-state index in [1.807, 2.05) is 4.90 Å². The highest BCUT2D eigenvalue weighted by atomic mass is 35.5. The lowest BCUT2D eigenvalue weighted by molar-refractivity contribution is -0.137. The molecule has 1 aliphatic heterocycles. The zero-order chi connectivity index (χ0) is 17.3. The van der Waals surface area contributed by atoms with E-state index >= 15 is 0 Å². The van der Waals surface area contributed by atoms with E-state index in [-0.39, 0.29) is 0 Å². The Morgan fingerprint density at radius 2 is 1.83 bits per heavy atom. The van der Waals surface area contributed by atoms with Crippen LogP contribution in [-0.4, -0.2) is 13.8 Å². The second-order valence-electron chi connectivity index (χ2n) is 5.21. The Morgan fingerprint density at radius 1 is 1.12 bits per heavy atom. The molecule has 1 aliphatic rings. The lowest BCUT2D eigenvalue weighted by Gasteiger charge is -2.24. The fourth-order valence-electron chi connectivity index (χ4n) is 2.55. The van der Waals surface area contributed by atoms with Crippen molar-refractivity contribution in [1.29, 1.82) is 0 Å². The maximum Gasteiger partial charge on any atom is 0.416 e. The van der Waals surface area contributed by atoms with Crippen LogP contribution in [0.3, 0.4) is 0 Å². The first kappa shape index (κ1) is 16.5. The van der Waals surface area contributed by atoms with E-state index in [0.717, 1.165) is 23.5 Å². The summed E-state index contributed by atoms with van der Waals surface area (Å²) in [6.45, 7) is 0.465. The van der Waals surface area contributed by atoms with Crippen molar-refractivity contribution in [3.05, 3.63) is 64.8 Å². The van der Waals surface area contributed by atoms with E-state index in [1.165, 1.54) is 12.1 Å². The monoisotopic (exact) mass is 354 g/mol. The van der Waals surface area contributed by atoms with Gasteiger partial charge in [-0.25, -0.2) is 0 Å². The average Bonchev–Trinajstić information content (AvgIpc) is 3.03. The number of hydrogen-bond acceptors (Lipinski definition) is 3. The van der Waals surface area contributed by atoms with E-state index in [4.69, 9.17) is 16.3 Å². The molecule has 3 rings (SSSR count). The van der Waals surface area contributed by atoms with Crippen LogP contribution in [0.5, 0.6) is 5.75 Å². The third kappa shape index (κ3) is 3.14. The Kier molecular flexibility index (Phi) is 4.32. The molecule has 0 atom stereocenters. The van der Waals surface area contributed by atoms with Gasteiger partial charge in [-0.05, 0) is 35.9 Å². The van der Waals surface area contributed by atoms with Gasteiger partial charge in [-0.1, -0.05) is 23.7 Å². The van der Waals surface area contributed by atoms with Crippen molar-refractivity contribution in [3.63, 3.8) is 0 Å². The molecule has 0 amide bonds. The number of benzene rings is 2. The molecular weight excluding hydrogens is 341 g/mol. The zero-order valence-corrected chi connectivity index (χ0v) is 13.4. The molecule has 0 aliphatic carbocycles. The summed E-state index contributed by atoms with van der Waals surface area (Å²) in [7, 11) is 1.55. The molecule has 0 aromatic heterocycles. The number of hydrogen-bond donors (Lipinski definition) is 1. The van der Waals surface area contributed by atoms with Gasteiger partial charge in [-0.15, -0.1) is 0 Å². The van der Waals surface area contributed by atoms with E-state index in [0.29, 0.717) is 23.0 Å². The van der Waals surface area contributed by atoms with Crippen LogP contribution in [0.4, 0.5) is 18.9 Å². The van der Waals surface area contributed by atoms with Crippen LogP contribution in [0, 0.1) is 0 Å². The minimum Gasteiger partial charge on any atom is -0.495 e. The Hall–Kier alpha value is -2.34. The Bertz CT molecular complexity index is 772. The van der Waals surface area contributed by atoms with Crippen LogP contribution >= 0.6 is 11.6 Å². The van der Waals surface area contributed by atoms with Crippen molar-refractivity contribution < 1.29 is 17.9 Å². The van der Waals surface area contributed by atoms with E-state index in [1.54, 1.807) is 31.5 Å². The average molecular weight is 355 g/mol. The van der Waals surface area contributed by atoms with Gasteiger partial charge in [0.15, 0.2) is 0 Å². The number of anilines is 1. The quantitative estimate of drug-likeness (QED) is 0.862. The first-order valence-electron chi connectivity index (χ1n) is 7.12. The van der Waals surface area contributed by atoms with E-state index in [2.05, 4.69) is 5.32 Å². The Morgan fingerprint density at radius 3 is 2.46 bits per heavy atom. The molecule has 0 saturated carbocycles. The molecule has 0 fully saturated rings. The number of halogens is 4. The summed E-state index contributed by atoms with van der Waals surface area (Å²) in [6, 6.07) is 10.3. The van der Waals surface area contributed by atoms with Crippen LogP contribution < -0.4 is 15.0 Å². The van der Waals surface area contributed by atoms with Crippen LogP contribution in [0.2, 0.25) is 5.02 Å². The lowest BCUT2D eigenvalue weighted by atomic mass is 10.1. The van der Waals surface area contributed by atoms with E-state index < -0.39 is 11.7 Å². The fourth-order valence-corrected chi connectivity index (χ4v) is 2.72. The maximum absolute atomic E-state index is 12.7. The van der Waals surface area contributed by atoms with E-state index in [9.17, 15) is 13.2 Å². The summed E-state index contributed by atoms with van der Waals surface area (Å²) in [4.78, 5) is 1.90. The predicted molar refractivity (Wildman–Crippen MR) is 87.9 cm³/mol. The smallest absolute Gasteiger partial charge is 0.416 e. The normalized spacial score (nSPS) is 14.4. The molecule has 1 N–H and O–H groups in total. The van der Waals surface area contributed by atoms with Crippen LogP contribution in [0.15, 0.2) is 48.7 Å². The third-order valence-corrected chi connectivity index (χ3v) is 3.95. The second-order valence-corrected chi connectivity index (χ2v) is 5.65. The fraction of sp³-hybridized carbons (Fsp3) is 0.176. The molecule has 1 heterocycles. The molecule has 3 nitrogen and oxygen atoms in total. The number of methoxy groups -OCH3 is 1. The van der Waals surface area contributed by atoms with Gasteiger partial charge in [-0.2, -0.15) is 13.2 Å².